The fraction of sp³-hybridized carbons (Fsp3) is 0.375. The number of carbonyl (C=O) groups excluding carboxylic acids is 3. The molecule has 0 aromatic heterocycles. The van der Waals surface area contributed by atoms with Crippen LogP contribution in [-0.2, 0) is 16.1 Å². The fourth-order valence-electron chi connectivity index (χ4n) is 4.18. The highest BCUT2D eigenvalue weighted by Crippen LogP contribution is 2.20. The van der Waals surface area contributed by atoms with E-state index in [-0.39, 0.29) is 23.8 Å². The van der Waals surface area contributed by atoms with Crippen LogP contribution < -0.4 is 5.32 Å². The van der Waals surface area contributed by atoms with Crippen LogP contribution in [0.4, 0.5) is 0 Å². The second kappa shape index (κ2) is 9.11. The number of rotatable bonds is 7. The fourth-order valence-corrected chi connectivity index (χ4v) is 4.18. The lowest BCUT2D eigenvalue weighted by molar-refractivity contribution is -0.128. The van der Waals surface area contributed by atoms with E-state index in [1.807, 2.05) is 58.3 Å². The summed E-state index contributed by atoms with van der Waals surface area (Å²) in [5.41, 5.74) is 2.49. The first-order chi connectivity index (χ1) is 14.6. The minimum absolute atomic E-state index is 0.141. The van der Waals surface area contributed by atoms with Crippen molar-refractivity contribution in [3.8, 4) is 0 Å². The standard InChI is InChI=1S/C24H27N3O3/c28-22-11-5-13-26(22)16-18-7-4-10-20(15-18)24(30)25-21(19-8-2-1-3-9-19)17-27-14-6-12-23(27)29/h1-4,7-10,15,21H,5-6,11-14,16-17H2,(H,25,30)/t21-/m0/s1. The molecule has 30 heavy (non-hydrogen) atoms. The van der Waals surface area contributed by atoms with Crippen LogP contribution in [0.25, 0.3) is 0 Å². The summed E-state index contributed by atoms with van der Waals surface area (Å²) >= 11 is 0. The Morgan fingerprint density at radius 3 is 2.27 bits per heavy atom. The molecule has 3 amide bonds. The number of nitrogens with one attached hydrogen (secondary N) is 1. The molecule has 0 radical (unpaired) electrons. The minimum atomic E-state index is -0.274. The zero-order valence-corrected chi connectivity index (χ0v) is 17.0. The Hall–Kier alpha value is -3.15. The lowest BCUT2D eigenvalue weighted by Gasteiger charge is -2.25. The Balaban J connectivity index is 1.48. The monoisotopic (exact) mass is 405 g/mol. The van der Waals surface area contributed by atoms with Gasteiger partial charge < -0.3 is 15.1 Å². The lowest BCUT2D eigenvalue weighted by atomic mass is 10.0. The summed E-state index contributed by atoms with van der Waals surface area (Å²) in [7, 11) is 0. The molecule has 2 aromatic carbocycles. The first-order valence-electron chi connectivity index (χ1n) is 10.6. The topological polar surface area (TPSA) is 69.7 Å². The second-order valence-electron chi connectivity index (χ2n) is 8.00. The van der Waals surface area contributed by atoms with E-state index < -0.39 is 0 Å². The third kappa shape index (κ3) is 4.70. The van der Waals surface area contributed by atoms with Gasteiger partial charge in [0.1, 0.15) is 0 Å². The van der Waals surface area contributed by atoms with E-state index in [1.165, 1.54) is 0 Å². The predicted molar refractivity (Wildman–Crippen MR) is 114 cm³/mol. The van der Waals surface area contributed by atoms with Crippen molar-refractivity contribution in [1.82, 2.24) is 15.1 Å². The van der Waals surface area contributed by atoms with Crippen molar-refractivity contribution in [2.45, 2.75) is 38.3 Å². The number of benzene rings is 2. The molecular formula is C24H27N3O3. The molecule has 1 atom stereocenters. The van der Waals surface area contributed by atoms with Crippen molar-refractivity contribution in [3.63, 3.8) is 0 Å². The summed E-state index contributed by atoms with van der Waals surface area (Å²) in [5.74, 6) is 0.136. The highest BCUT2D eigenvalue weighted by atomic mass is 16.2. The van der Waals surface area contributed by atoms with Crippen LogP contribution in [-0.4, -0.2) is 47.2 Å². The van der Waals surface area contributed by atoms with Crippen LogP contribution >= 0.6 is 0 Å². The van der Waals surface area contributed by atoms with E-state index in [2.05, 4.69) is 5.32 Å². The molecular weight excluding hydrogens is 378 g/mol. The average Bonchev–Trinajstić information content (AvgIpc) is 3.36. The molecule has 2 aliphatic heterocycles. The van der Waals surface area contributed by atoms with E-state index >= 15 is 0 Å². The molecule has 0 spiro atoms. The van der Waals surface area contributed by atoms with E-state index in [1.54, 1.807) is 6.07 Å². The van der Waals surface area contributed by atoms with E-state index in [4.69, 9.17) is 0 Å². The number of carbonyl (C=O) groups is 3. The van der Waals surface area contributed by atoms with Crippen LogP contribution in [0.1, 0.15) is 53.2 Å². The number of nitrogens with zero attached hydrogens (tertiary/aromatic N) is 2. The van der Waals surface area contributed by atoms with E-state index in [0.717, 1.165) is 37.1 Å². The molecule has 0 aliphatic carbocycles. The zero-order valence-electron chi connectivity index (χ0n) is 17.0. The number of likely N-dealkylation sites (tertiary alicyclic amines) is 2. The van der Waals surface area contributed by atoms with Gasteiger partial charge in [-0.1, -0.05) is 42.5 Å². The molecule has 2 aliphatic rings. The molecule has 4 rings (SSSR count). The van der Waals surface area contributed by atoms with Crippen LogP contribution in [0.3, 0.4) is 0 Å². The molecule has 2 heterocycles. The number of amides is 3. The Morgan fingerprint density at radius 1 is 0.900 bits per heavy atom. The summed E-state index contributed by atoms with van der Waals surface area (Å²) in [6.45, 7) is 2.51. The van der Waals surface area contributed by atoms with Crippen LogP contribution in [0.2, 0.25) is 0 Å². The van der Waals surface area contributed by atoms with Gasteiger partial charge in [0, 0.05) is 44.6 Å². The van der Waals surface area contributed by atoms with Gasteiger partial charge >= 0.3 is 0 Å². The molecule has 0 unspecified atom stereocenters. The van der Waals surface area contributed by atoms with Crippen molar-refractivity contribution in [2.24, 2.45) is 0 Å². The maximum atomic E-state index is 13.0. The molecule has 2 fully saturated rings. The van der Waals surface area contributed by atoms with Gasteiger partial charge in [-0.15, -0.1) is 0 Å². The smallest absolute Gasteiger partial charge is 0.251 e. The number of hydrogen-bond acceptors (Lipinski definition) is 3. The molecule has 2 saturated heterocycles. The third-order valence-corrected chi connectivity index (χ3v) is 5.82. The lowest BCUT2D eigenvalue weighted by Crippen LogP contribution is -2.38. The molecule has 6 nitrogen and oxygen atoms in total. The summed E-state index contributed by atoms with van der Waals surface area (Å²) in [6.07, 6.45) is 2.94. The molecule has 6 heteroatoms. The zero-order chi connectivity index (χ0) is 20.9. The third-order valence-electron chi connectivity index (χ3n) is 5.82. The highest BCUT2D eigenvalue weighted by Gasteiger charge is 2.26. The second-order valence-corrected chi connectivity index (χ2v) is 8.00. The van der Waals surface area contributed by atoms with Crippen LogP contribution in [0.5, 0.6) is 0 Å². The quantitative estimate of drug-likeness (QED) is 0.770. The molecule has 0 saturated carbocycles. The van der Waals surface area contributed by atoms with Gasteiger partial charge in [0.2, 0.25) is 11.8 Å². The highest BCUT2D eigenvalue weighted by molar-refractivity contribution is 5.94. The first kappa shape index (κ1) is 20.1. The maximum absolute atomic E-state index is 13.0. The molecule has 1 N–H and O–H groups in total. The van der Waals surface area contributed by atoms with Gasteiger partial charge in [-0.3, -0.25) is 14.4 Å². The summed E-state index contributed by atoms with van der Waals surface area (Å²) in [4.78, 5) is 40.7. The van der Waals surface area contributed by atoms with Gasteiger partial charge in [-0.25, -0.2) is 0 Å². The minimum Gasteiger partial charge on any atom is -0.343 e. The van der Waals surface area contributed by atoms with Crippen molar-refractivity contribution in [3.05, 3.63) is 71.3 Å². The summed E-state index contributed by atoms with van der Waals surface area (Å²) in [5, 5.41) is 3.11. The van der Waals surface area contributed by atoms with Gasteiger partial charge in [-0.05, 0) is 36.1 Å². The Kier molecular flexibility index (Phi) is 6.12. The summed E-state index contributed by atoms with van der Waals surface area (Å²) < 4.78 is 0. The van der Waals surface area contributed by atoms with Crippen LogP contribution in [0, 0.1) is 0 Å². The Morgan fingerprint density at radius 2 is 1.60 bits per heavy atom. The molecule has 156 valence electrons. The van der Waals surface area contributed by atoms with Crippen molar-refractivity contribution >= 4 is 17.7 Å². The van der Waals surface area contributed by atoms with Gasteiger partial charge in [0.15, 0.2) is 0 Å². The van der Waals surface area contributed by atoms with Gasteiger partial charge in [0.05, 0.1) is 6.04 Å². The van der Waals surface area contributed by atoms with Crippen LogP contribution in [0.15, 0.2) is 54.6 Å². The molecule has 0 bridgehead atoms. The van der Waals surface area contributed by atoms with E-state index in [9.17, 15) is 14.4 Å². The summed E-state index contributed by atoms with van der Waals surface area (Å²) in [6, 6.07) is 16.9. The first-order valence-corrected chi connectivity index (χ1v) is 10.6. The van der Waals surface area contributed by atoms with Gasteiger partial charge in [-0.2, -0.15) is 0 Å². The Bertz CT molecular complexity index is 928. The largest absolute Gasteiger partial charge is 0.343 e. The normalized spacial score (nSPS) is 17.5. The molecule has 2 aromatic rings. The van der Waals surface area contributed by atoms with Crippen molar-refractivity contribution in [2.75, 3.05) is 19.6 Å². The SMILES string of the molecule is O=C(N[C@@H](CN1CCCC1=O)c1ccccc1)c1cccc(CN2CCCC2=O)c1. The average molecular weight is 405 g/mol. The number of hydrogen-bond donors (Lipinski definition) is 1. The maximum Gasteiger partial charge on any atom is 0.251 e. The van der Waals surface area contributed by atoms with E-state index in [0.29, 0.717) is 31.5 Å². The van der Waals surface area contributed by atoms with Gasteiger partial charge in [0.25, 0.3) is 5.91 Å². The van der Waals surface area contributed by atoms with Crippen molar-refractivity contribution in [1.29, 1.82) is 0 Å². The Labute approximate surface area is 176 Å². The predicted octanol–water partition coefficient (Wildman–Crippen LogP) is 2.90. The van der Waals surface area contributed by atoms with Crippen molar-refractivity contribution < 1.29 is 14.4 Å².